The Morgan fingerprint density at radius 3 is 1.05 bits per heavy atom. The Bertz CT molecular complexity index is 5800. The summed E-state index contributed by atoms with van der Waals surface area (Å²) in [6, 6.07) is 18.7. The molecule has 0 amide bonds. The molecule has 12 heterocycles. The molecule has 18 atom stereocenters. The minimum atomic E-state index is -4.86. The SMILES string of the molecule is C.C.C.CC(C)S(=O)(=O)c1nc(Cl)c2ncn([C@@H]3O[C@H](CO)[C@@H](O)[C@H]3O)c2n1.CC(C)S(=O)(=O)c1nc(NCc2ccccc2)c2ncn([C@@H]3O[C@H](CO)[C@@H](O)[C@H]3O)c2n1.CC(C)S(=O)(=O)c1nc(NCc2ccccc2)c2ncn([C@@H]3O[C@H](COP(=O)(O)PP(=O)(O)O)[C@@H](O)[C@H]3O)c2n1.CC(C)Sc1nc(Cl)c2ncn([C@@H]3O[C@H](CO)[C@@H](O)[C@H]3O)c2n1.CCO.ClCCl. The third-order valence-corrected chi connectivity index (χ3v) is 33.5. The zero-order valence-corrected chi connectivity index (χ0v) is 77.1. The van der Waals surface area contributed by atoms with Crippen LogP contribution in [0.4, 0.5) is 11.6 Å². The number of imidazole rings is 4. The van der Waals surface area contributed by atoms with Crippen LogP contribution >= 0.6 is 80.7 Å². The monoisotopic (exact) mass is 2030 g/mol. The van der Waals surface area contributed by atoms with E-state index in [-0.39, 0.29) is 107 Å². The first-order valence-corrected chi connectivity index (χ1v) is 51.1. The highest BCUT2D eigenvalue weighted by molar-refractivity contribution is 8.51. The minimum absolute atomic E-state index is 0. The summed E-state index contributed by atoms with van der Waals surface area (Å²) >= 11 is 23.2. The van der Waals surface area contributed by atoms with Crippen molar-refractivity contribution in [3.8, 4) is 0 Å². The Balaban J connectivity index is 0.000000262. The largest absolute Gasteiger partial charge is 0.397 e. The molecule has 10 aromatic rings. The number of alkyl halides is 2. The van der Waals surface area contributed by atoms with Crippen molar-refractivity contribution in [1.82, 2.24) is 78.1 Å². The van der Waals surface area contributed by atoms with E-state index in [1.165, 1.54) is 96.9 Å². The molecule has 0 spiro atoms. The second-order valence-corrected chi connectivity index (χ2v) is 47.5. The van der Waals surface area contributed by atoms with Gasteiger partial charge in [0.1, 0.15) is 92.2 Å². The standard InChI is InChI=1S/C20H28N5O11P3S.C20H25N5O6S.C13H17ClN4O6S.C13H17ClN4O4S.C2H6O.CH2Cl2.3CH4/c1-11(2)40(33,34)20-23-17(21-8-12-6-4-3-5-7-12)14-18(24-20)25(10-22-14)19-16(27)15(26)13(36-19)9-35-39(31,32)37-38(28,29)30;1-11(2)32(29,30)20-23-17(21-8-12-6-4-3-5-7-12)14-18(24-20)25(10-22-14)19-16(28)15(27)13(9-26)31-19;1-5(2)25(22,23)13-16-10(14)7-11(17-13)18(4-15-7)12-9(21)8(20)6(3-19)24-12;1-5(2)23-13-16-10(14)7-11(17-13)18(4-15-7)12-9(21)8(20)6(3-19)22-12;1-2-3;2-1-3;;;/h3-7,10-11,13,15-16,19,26-27,37H,8-9H2,1-2H3,(H,31,32)(H,21,23,24)(H2,28,29,30);3-7,10-11,13,15-16,19,26-28H,8-9H2,1-2H3,(H,21,23,24);4-6,8-9,12,19-21H,3H2,1-2H3;4-6,8-9,12,19-21H,3H2,1-2H3;3H,2H2,1H3;1H2;3*1H4/t2*13-,15-,16-,19-;2*6-,8-,9-,12-;;;;;/m1111...../s1. The van der Waals surface area contributed by atoms with Crippen molar-refractivity contribution in [2.45, 2.75) is 237 Å². The number of hydrogen-bond acceptors (Lipinski definition) is 40. The fourth-order valence-electron chi connectivity index (χ4n) is 12.1. The highest BCUT2D eigenvalue weighted by Gasteiger charge is 2.49. The van der Waals surface area contributed by atoms with Gasteiger partial charge in [-0.2, -0.15) is 24.9 Å². The van der Waals surface area contributed by atoms with Gasteiger partial charge >= 0.3 is 14.6 Å². The fraction of sp³-hybridized carbons (Fsp3) is 0.556. The van der Waals surface area contributed by atoms with Crippen LogP contribution in [-0.2, 0) is 75.2 Å². The number of thioether (sulfide) groups is 1. The molecule has 8 aromatic heterocycles. The molecule has 0 aliphatic carbocycles. The quantitative estimate of drug-likeness (QED) is 0.0116. The van der Waals surface area contributed by atoms with E-state index in [9.17, 15) is 95.4 Å². The number of ether oxygens (including phenoxy) is 4. The number of fused-ring (bicyclic) bond motifs is 4. The van der Waals surface area contributed by atoms with Gasteiger partial charge in [0, 0.05) is 24.9 Å². The van der Waals surface area contributed by atoms with Crippen molar-refractivity contribution >= 4 is 166 Å². The Hall–Kier alpha value is -6.31. The molecular weight excluding hydrogens is 1930 g/mol. The first-order chi connectivity index (χ1) is 59.2. The number of halogens is 4. The number of anilines is 2. The average molecular weight is 2040 g/mol. The maximum atomic E-state index is 13.0. The molecule has 2 unspecified atom stereocenters. The van der Waals surface area contributed by atoms with Gasteiger partial charge in [-0.3, -0.25) is 27.4 Å². The van der Waals surface area contributed by atoms with Gasteiger partial charge in [-0.25, -0.2) is 60.1 Å². The molecule has 4 fully saturated rings. The summed E-state index contributed by atoms with van der Waals surface area (Å²) in [6.07, 6.45) is -14.6. The normalized spacial score (nSPS) is 23.9. The van der Waals surface area contributed by atoms with E-state index < -0.39 is 203 Å². The maximum Gasteiger partial charge on any atom is 0.356 e. The molecule has 14 rings (SSSR count). The lowest BCUT2D eigenvalue weighted by Crippen LogP contribution is -2.33. The van der Waals surface area contributed by atoms with Gasteiger partial charge in [-0.1, -0.05) is 132 Å². The van der Waals surface area contributed by atoms with E-state index in [4.69, 9.17) is 84.8 Å². The Morgan fingerprint density at radius 2 is 0.744 bits per heavy atom. The van der Waals surface area contributed by atoms with E-state index in [1.54, 1.807) is 6.92 Å². The Morgan fingerprint density at radius 1 is 0.457 bits per heavy atom. The predicted molar refractivity (Wildman–Crippen MR) is 477 cm³/mol. The molecule has 17 N–H and O–H groups in total. The number of nitrogens with zero attached hydrogens (tertiary/aromatic N) is 16. The van der Waals surface area contributed by atoms with Crippen LogP contribution in [0.25, 0.3) is 44.7 Å². The van der Waals surface area contributed by atoms with Gasteiger partial charge in [0.25, 0.3) is 15.5 Å². The number of benzene rings is 2. The Labute approximate surface area is 767 Å². The number of aromatic nitrogens is 16. The van der Waals surface area contributed by atoms with Crippen molar-refractivity contribution in [3.05, 3.63) is 107 Å². The zero-order chi connectivity index (χ0) is 93.2. The van der Waals surface area contributed by atoms with Gasteiger partial charge in [-0.05, 0) is 59.6 Å². The van der Waals surface area contributed by atoms with E-state index in [0.717, 1.165) is 11.1 Å². The molecule has 720 valence electrons. The minimum Gasteiger partial charge on any atom is -0.397 e. The van der Waals surface area contributed by atoms with Crippen LogP contribution in [-0.4, -0.2) is 312 Å². The zero-order valence-electron chi connectivity index (χ0n) is 68.0. The number of nitrogens with one attached hydrogen (secondary N) is 2. The van der Waals surface area contributed by atoms with Crippen molar-refractivity contribution in [2.24, 2.45) is 0 Å². The van der Waals surface area contributed by atoms with E-state index in [0.29, 0.717) is 22.9 Å². The second-order valence-electron chi connectivity index (χ2n) is 28.8. The highest BCUT2D eigenvalue weighted by atomic mass is 35.5. The number of hydrogen-bond donors (Lipinski definition) is 17. The highest BCUT2D eigenvalue weighted by Crippen LogP contribution is 2.78. The molecule has 0 saturated carbocycles. The molecule has 129 heavy (non-hydrogen) atoms. The van der Waals surface area contributed by atoms with Gasteiger partial charge in [-0.15, -0.1) is 23.2 Å². The molecule has 57 heteroatoms. The van der Waals surface area contributed by atoms with Gasteiger partial charge in [0.15, 0.2) is 85.6 Å². The second kappa shape index (κ2) is 47.7. The van der Waals surface area contributed by atoms with Crippen LogP contribution in [0.3, 0.4) is 0 Å². The summed E-state index contributed by atoms with van der Waals surface area (Å²) < 4.78 is 132. The molecule has 4 aliphatic heterocycles. The molecule has 46 nitrogen and oxygen atoms in total. The summed E-state index contributed by atoms with van der Waals surface area (Å²) in [7, 11) is -22.9. The summed E-state index contributed by atoms with van der Waals surface area (Å²) in [6.45, 7) is 13.4. The number of rotatable bonds is 26. The number of aliphatic hydroxyl groups excluding tert-OH is 12. The fourth-order valence-corrected chi connectivity index (χ4v) is 21.5. The van der Waals surface area contributed by atoms with Crippen LogP contribution in [0.15, 0.2) is 107 Å². The van der Waals surface area contributed by atoms with Gasteiger partial charge in [0.2, 0.25) is 29.5 Å². The summed E-state index contributed by atoms with van der Waals surface area (Å²) in [4.78, 5) is 77.7. The first kappa shape index (κ1) is 111. The molecule has 0 radical (unpaired) electrons. The third kappa shape index (κ3) is 26.3. The number of aliphatic hydroxyl groups is 12. The summed E-state index contributed by atoms with van der Waals surface area (Å²) in [5.74, 6) is 0.308. The molecule has 0 bridgehead atoms. The van der Waals surface area contributed by atoms with Crippen molar-refractivity contribution in [2.75, 3.05) is 49.0 Å². The van der Waals surface area contributed by atoms with Crippen molar-refractivity contribution < 1.29 is 134 Å². The van der Waals surface area contributed by atoms with E-state index in [2.05, 4.69) is 70.4 Å². The topological polar surface area (TPSA) is 685 Å². The van der Waals surface area contributed by atoms with Crippen molar-refractivity contribution in [1.29, 1.82) is 0 Å². The van der Waals surface area contributed by atoms with Gasteiger partial charge in [0.05, 0.1) is 72.8 Å². The third-order valence-electron chi connectivity index (χ3n) is 18.7. The van der Waals surface area contributed by atoms with Crippen molar-refractivity contribution in [3.63, 3.8) is 0 Å². The van der Waals surface area contributed by atoms with E-state index >= 15 is 0 Å². The smallest absolute Gasteiger partial charge is 0.356 e. The van der Waals surface area contributed by atoms with Crippen LogP contribution in [0.2, 0.25) is 10.3 Å². The lowest BCUT2D eigenvalue weighted by atomic mass is 10.1. The lowest BCUT2D eigenvalue weighted by molar-refractivity contribution is -0.0511. The molecule has 4 saturated heterocycles. The maximum absolute atomic E-state index is 13.0. The summed E-state index contributed by atoms with van der Waals surface area (Å²) in [5, 5.41) is 121. The number of sulfone groups is 3. The average Bonchev–Trinajstić information content (AvgIpc) is 1.64. The molecule has 4 aliphatic rings. The predicted octanol–water partition coefficient (Wildman–Crippen LogP) is 4.55. The van der Waals surface area contributed by atoms with Crippen LogP contribution in [0.1, 0.15) is 121 Å². The lowest BCUT2D eigenvalue weighted by Gasteiger charge is -2.18. The van der Waals surface area contributed by atoms with E-state index in [1.807, 2.05) is 74.5 Å². The first-order valence-electron chi connectivity index (χ1n) is 37.9. The van der Waals surface area contributed by atoms with Gasteiger partial charge < -0.3 is 110 Å². The molecular formula is C72H107Cl4N18O28P3S4. The Kier molecular flexibility index (Phi) is 41.2. The van der Waals surface area contributed by atoms with Crippen LogP contribution in [0, 0.1) is 0 Å². The summed E-state index contributed by atoms with van der Waals surface area (Å²) in [5.41, 5.74) is 3.28. The van der Waals surface area contributed by atoms with Crippen LogP contribution < -0.4 is 10.6 Å². The molecule has 2 aromatic carbocycles. The van der Waals surface area contributed by atoms with Crippen LogP contribution in [0.5, 0.6) is 0 Å².